The molecule has 0 aliphatic rings. The van der Waals surface area contributed by atoms with Crippen molar-refractivity contribution in [3.8, 4) is 22.3 Å². The first-order valence-corrected chi connectivity index (χ1v) is 8.85. The molecule has 3 aromatic carbocycles. The van der Waals surface area contributed by atoms with Gasteiger partial charge in [-0.1, -0.05) is 78.4 Å². The Morgan fingerprint density at radius 3 is 1.73 bits per heavy atom. The molecule has 0 N–H and O–H groups in total. The third-order valence-corrected chi connectivity index (χ3v) is 4.55. The Morgan fingerprint density at radius 2 is 1.23 bits per heavy atom. The molecular formula is C24H22F2. The van der Waals surface area contributed by atoms with Crippen molar-refractivity contribution in [3.63, 3.8) is 0 Å². The largest absolute Gasteiger partial charge is 0.203 e. The van der Waals surface area contributed by atoms with E-state index in [0.29, 0.717) is 16.7 Å². The maximum absolute atomic E-state index is 14.7. The van der Waals surface area contributed by atoms with Crippen molar-refractivity contribution in [1.82, 2.24) is 0 Å². The summed E-state index contributed by atoms with van der Waals surface area (Å²) in [4.78, 5) is 0. The normalized spacial score (nSPS) is 11.2. The van der Waals surface area contributed by atoms with E-state index < -0.39 is 11.6 Å². The van der Waals surface area contributed by atoms with Gasteiger partial charge in [0.25, 0.3) is 0 Å². The lowest BCUT2D eigenvalue weighted by atomic mass is 9.97. The molecule has 0 atom stereocenters. The molecular weight excluding hydrogens is 326 g/mol. The van der Waals surface area contributed by atoms with Crippen LogP contribution in [0.15, 0.2) is 72.8 Å². The molecule has 2 heteroatoms. The van der Waals surface area contributed by atoms with Gasteiger partial charge in [-0.3, -0.25) is 0 Å². The van der Waals surface area contributed by atoms with E-state index in [4.69, 9.17) is 0 Å². The zero-order valence-corrected chi connectivity index (χ0v) is 15.1. The van der Waals surface area contributed by atoms with Crippen LogP contribution in [0.3, 0.4) is 0 Å². The maximum Gasteiger partial charge on any atom is 0.167 e. The average molecular weight is 348 g/mol. The molecule has 0 unspecified atom stereocenters. The Kier molecular flexibility index (Phi) is 5.62. The highest BCUT2D eigenvalue weighted by atomic mass is 19.2. The maximum atomic E-state index is 14.7. The van der Waals surface area contributed by atoms with Crippen LogP contribution in [-0.4, -0.2) is 0 Å². The molecule has 26 heavy (non-hydrogen) atoms. The Balaban J connectivity index is 1.89. The van der Waals surface area contributed by atoms with Crippen molar-refractivity contribution in [2.75, 3.05) is 0 Å². The highest BCUT2D eigenvalue weighted by Gasteiger charge is 2.15. The van der Waals surface area contributed by atoms with Crippen LogP contribution in [0.25, 0.3) is 22.3 Å². The molecule has 0 fully saturated rings. The van der Waals surface area contributed by atoms with Crippen LogP contribution in [0.2, 0.25) is 0 Å². The lowest BCUT2D eigenvalue weighted by molar-refractivity contribution is 0.514. The van der Waals surface area contributed by atoms with Gasteiger partial charge in [0.2, 0.25) is 0 Å². The summed E-state index contributed by atoms with van der Waals surface area (Å²) in [6, 6.07) is 18.4. The van der Waals surface area contributed by atoms with Crippen LogP contribution < -0.4 is 0 Å². The summed E-state index contributed by atoms with van der Waals surface area (Å²) >= 11 is 0. The minimum Gasteiger partial charge on any atom is -0.203 e. The van der Waals surface area contributed by atoms with Gasteiger partial charge in [0, 0.05) is 11.1 Å². The fourth-order valence-electron chi connectivity index (χ4n) is 3.00. The molecule has 0 saturated carbocycles. The van der Waals surface area contributed by atoms with Crippen LogP contribution in [0.5, 0.6) is 0 Å². The first-order valence-electron chi connectivity index (χ1n) is 8.85. The molecule has 3 aromatic rings. The zero-order chi connectivity index (χ0) is 18.5. The van der Waals surface area contributed by atoms with Crippen molar-refractivity contribution < 1.29 is 8.78 Å². The minimum absolute atomic E-state index is 0.286. The van der Waals surface area contributed by atoms with E-state index in [1.54, 1.807) is 12.1 Å². The first kappa shape index (κ1) is 18.1. The molecule has 0 bridgehead atoms. The summed E-state index contributed by atoms with van der Waals surface area (Å²) in [5.74, 6) is -1.60. The molecule has 0 aliphatic carbocycles. The summed E-state index contributed by atoms with van der Waals surface area (Å²) in [7, 11) is 0. The molecule has 3 rings (SSSR count). The van der Waals surface area contributed by atoms with Gasteiger partial charge in [-0.2, -0.15) is 0 Å². The van der Waals surface area contributed by atoms with Crippen LogP contribution in [0.4, 0.5) is 8.78 Å². The van der Waals surface area contributed by atoms with Crippen LogP contribution in [-0.2, 0) is 6.42 Å². The highest BCUT2D eigenvalue weighted by molar-refractivity contribution is 5.72. The molecule has 0 aromatic heterocycles. The SMILES string of the molecule is CC=CCCc1ccc(-c2ccc(-c3ccc(C)cc3)c(F)c2F)cc1. The van der Waals surface area contributed by atoms with Gasteiger partial charge >= 0.3 is 0 Å². The monoisotopic (exact) mass is 348 g/mol. The van der Waals surface area contributed by atoms with Crippen molar-refractivity contribution in [1.29, 1.82) is 0 Å². The second-order valence-electron chi connectivity index (χ2n) is 6.46. The average Bonchev–Trinajstić information content (AvgIpc) is 2.66. The Bertz CT molecular complexity index is 904. The van der Waals surface area contributed by atoms with Gasteiger partial charge in [0.15, 0.2) is 11.6 Å². The van der Waals surface area contributed by atoms with Gasteiger partial charge in [0.1, 0.15) is 0 Å². The lowest BCUT2D eigenvalue weighted by Gasteiger charge is -2.10. The smallest absolute Gasteiger partial charge is 0.167 e. The summed E-state index contributed by atoms with van der Waals surface area (Å²) in [5.41, 5.74) is 4.21. The molecule has 0 aliphatic heterocycles. The predicted molar refractivity (Wildman–Crippen MR) is 105 cm³/mol. The highest BCUT2D eigenvalue weighted by Crippen LogP contribution is 2.31. The molecule has 0 spiro atoms. The quantitative estimate of drug-likeness (QED) is 0.431. The second-order valence-corrected chi connectivity index (χ2v) is 6.46. The van der Waals surface area contributed by atoms with Gasteiger partial charge in [-0.25, -0.2) is 8.78 Å². The number of aryl methyl sites for hydroxylation is 2. The molecule has 132 valence electrons. The number of hydrogen-bond donors (Lipinski definition) is 0. The predicted octanol–water partition coefficient (Wildman–Crippen LogP) is 7.12. The molecule has 0 saturated heterocycles. The summed E-state index contributed by atoms with van der Waals surface area (Å²) in [5, 5.41) is 0. The Morgan fingerprint density at radius 1 is 0.731 bits per heavy atom. The molecule has 0 radical (unpaired) electrons. The molecule has 0 amide bonds. The third kappa shape index (κ3) is 3.91. The fourth-order valence-corrected chi connectivity index (χ4v) is 3.00. The van der Waals surface area contributed by atoms with Crippen molar-refractivity contribution >= 4 is 0 Å². The Hall–Kier alpha value is -2.74. The van der Waals surface area contributed by atoms with E-state index in [-0.39, 0.29) is 5.56 Å². The topological polar surface area (TPSA) is 0 Å². The number of allylic oxidation sites excluding steroid dienone is 2. The van der Waals surface area contributed by atoms with Crippen LogP contribution in [0, 0.1) is 18.6 Å². The fraction of sp³-hybridized carbons (Fsp3) is 0.167. The van der Waals surface area contributed by atoms with Gasteiger partial charge in [-0.15, -0.1) is 0 Å². The van der Waals surface area contributed by atoms with Crippen molar-refractivity contribution in [2.45, 2.75) is 26.7 Å². The van der Waals surface area contributed by atoms with Crippen LogP contribution >= 0.6 is 0 Å². The summed E-state index contributed by atoms with van der Waals surface area (Å²) in [6.45, 7) is 3.96. The van der Waals surface area contributed by atoms with Gasteiger partial charge < -0.3 is 0 Å². The number of hydrogen-bond acceptors (Lipinski definition) is 0. The summed E-state index contributed by atoms with van der Waals surface area (Å²) < 4.78 is 29.3. The van der Waals surface area contributed by atoms with E-state index in [1.165, 1.54) is 5.56 Å². The van der Waals surface area contributed by atoms with Crippen molar-refractivity contribution in [2.24, 2.45) is 0 Å². The molecule has 0 heterocycles. The van der Waals surface area contributed by atoms with E-state index in [9.17, 15) is 8.78 Å². The number of halogens is 2. The van der Waals surface area contributed by atoms with E-state index in [2.05, 4.69) is 6.08 Å². The number of rotatable bonds is 5. The standard InChI is InChI=1S/C24H22F2/c1-3-4-5-6-18-9-13-20(14-10-18)22-16-15-21(23(25)24(22)26)19-11-7-17(2)8-12-19/h3-4,7-16H,5-6H2,1-2H3. The second kappa shape index (κ2) is 8.09. The first-order chi connectivity index (χ1) is 12.6. The zero-order valence-electron chi connectivity index (χ0n) is 15.1. The van der Waals surface area contributed by atoms with Gasteiger partial charge in [-0.05, 0) is 43.4 Å². The minimum atomic E-state index is -0.802. The van der Waals surface area contributed by atoms with E-state index in [1.807, 2.05) is 68.5 Å². The van der Waals surface area contributed by atoms with Gasteiger partial charge in [0.05, 0.1) is 0 Å². The van der Waals surface area contributed by atoms with E-state index in [0.717, 1.165) is 18.4 Å². The Labute approximate surface area is 153 Å². The third-order valence-electron chi connectivity index (χ3n) is 4.55. The lowest BCUT2D eigenvalue weighted by Crippen LogP contribution is -1.94. The molecule has 0 nitrogen and oxygen atoms in total. The van der Waals surface area contributed by atoms with Crippen molar-refractivity contribution in [3.05, 3.63) is 95.6 Å². The van der Waals surface area contributed by atoms with E-state index >= 15 is 0 Å². The number of benzene rings is 3. The summed E-state index contributed by atoms with van der Waals surface area (Å²) in [6.07, 6.45) is 6.06. The van der Waals surface area contributed by atoms with Crippen LogP contribution in [0.1, 0.15) is 24.5 Å².